The minimum absolute atomic E-state index is 0.297. The summed E-state index contributed by atoms with van der Waals surface area (Å²) in [6.45, 7) is 0.596. The van der Waals surface area contributed by atoms with Crippen LogP contribution in [-0.4, -0.2) is 53.7 Å². The topological polar surface area (TPSA) is 77.5 Å². The number of methoxy groups -OCH3 is 5. The molecule has 0 aliphatic heterocycles. The number of fused-ring (bicyclic) bond motifs is 1. The zero-order valence-corrected chi connectivity index (χ0v) is 25.5. The van der Waals surface area contributed by atoms with Gasteiger partial charge in [-0.3, -0.25) is 0 Å². The van der Waals surface area contributed by atoms with Gasteiger partial charge in [-0.2, -0.15) is 0 Å². The lowest BCUT2D eigenvalue weighted by Crippen LogP contribution is -2.10. The van der Waals surface area contributed by atoms with Crippen LogP contribution in [0.5, 0.6) is 40.2 Å². The van der Waals surface area contributed by atoms with Crippen LogP contribution >= 0.6 is 11.3 Å². The average molecular weight is 600 g/mol. The van der Waals surface area contributed by atoms with Gasteiger partial charge in [0.2, 0.25) is 5.75 Å². The van der Waals surface area contributed by atoms with E-state index in [0.29, 0.717) is 53.5 Å². The van der Waals surface area contributed by atoms with Gasteiger partial charge in [0.25, 0.3) is 0 Å². The summed E-state index contributed by atoms with van der Waals surface area (Å²) in [5.74, 6) is 4.21. The molecule has 8 nitrogen and oxygen atoms in total. The summed E-state index contributed by atoms with van der Waals surface area (Å²) < 4.78 is 40.7. The van der Waals surface area contributed by atoms with Crippen molar-refractivity contribution in [2.75, 3.05) is 48.8 Å². The highest BCUT2D eigenvalue weighted by molar-refractivity contribution is 7.21. The summed E-state index contributed by atoms with van der Waals surface area (Å²) in [5, 5.41) is 0.922. The second-order valence-electron chi connectivity index (χ2n) is 9.25. The number of rotatable bonds is 13. The van der Waals surface area contributed by atoms with E-state index in [-0.39, 0.29) is 0 Å². The van der Waals surface area contributed by atoms with Gasteiger partial charge in [-0.05, 0) is 65.7 Å². The fraction of sp³-hybridized carbons (Fsp3) is 0.206. The van der Waals surface area contributed by atoms with Gasteiger partial charge in [-0.15, -0.1) is 11.3 Å². The Morgan fingerprint density at radius 1 is 0.581 bits per heavy atom. The molecule has 5 aromatic rings. The summed E-state index contributed by atoms with van der Waals surface area (Å²) in [6.07, 6.45) is 3.94. The Bertz CT molecular complexity index is 1670. The Labute approximate surface area is 255 Å². The van der Waals surface area contributed by atoms with Crippen molar-refractivity contribution in [1.29, 1.82) is 0 Å². The fourth-order valence-corrected chi connectivity index (χ4v) is 5.48. The van der Waals surface area contributed by atoms with Crippen LogP contribution in [0.3, 0.4) is 0 Å². The number of para-hydroxylation sites is 1. The lowest BCUT2D eigenvalue weighted by Gasteiger charge is -2.14. The molecule has 0 unspecified atom stereocenters. The van der Waals surface area contributed by atoms with Crippen molar-refractivity contribution < 1.29 is 33.2 Å². The van der Waals surface area contributed by atoms with E-state index in [2.05, 4.69) is 6.07 Å². The normalized spacial score (nSPS) is 11.0. The van der Waals surface area contributed by atoms with Gasteiger partial charge >= 0.3 is 0 Å². The molecular formula is C34H33NO7S. The minimum atomic E-state index is 0.297. The first kappa shape index (κ1) is 29.6. The number of nitrogens with zero attached hydrogens (tertiary/aromatic N) is 1. The van der Waals surface area contributed by atoms with Crippen molar-refractivity contribution in [2.24, 2.45) is 0 Å². The number of aromatic nitrogens is 1. The van der Waals surface area contributed by atoms with Gasteiger partial charge in [0.15, 0.2) is 34.5 Å². The molecule has 222 valence electrons. The summed E-state index contributed by atoms with van der Waals surface area (Å²) >= 11 is 1.64. The third-order valence-electron chi connectivity index (χ3n) is 6.65. The van der Waals surface area contributed by atoms with Crippen LogP contribution in [0.25, 0.3) is 32.9 Å². The van der Waals surface area contributed by atoms with Gasteiger partial charge in [0.05, 0.1) is 45.8 Å². The van der Waals surface area contributed by atoms with Crippen molar-refractivity contribution in [2.45, 2.75) is 0 Å². The molecule has 0 atom stereocenters. The van der Waals surface area contributed by atoms with Crippen LogP contribution in [0.15, 0.2) is 72.8 Å². The molecule has 0 saturated heterocycles. The predicted octanol–water partition coefficient (Wildman–Crippen LogP) is 7.63. The van der Waals surface area contributed by atoms with E-state index in [4.69, 9.17) is 38.1 Å². The number of hydrogen-bond acceptors (Lipinski definition) is 9. The molecule has 0 amide bonds. The Morgan fingerprint density at radius 3 is 1.79 bits per heavy atom. The van der Waals surface area contributed by atoms with E-state index >= 15 is 0 Å². The number of hydrogen-bond donors (Lipinski definition) is 0. The molecule has 0 fully saturated rings. The molecule has 1 aromatic heterocycles. The van der Waals surface area contributed by atoms with E-state index in [0.717, 1.165) is 31.9 Å². The predicted molar refractivity (Wildman–Crippen MR) is 171 cm³/mol. The smallest absolute Gasteiger partial charge is 0.203 e. The highest BCUT2D eigenvalue weighted by atomic mass is 32.1. The average Bonchev–Trinajstić information content (AvgIpc) is 3.49. The molecule has 4 aromatic carbocycles. The number of benzene rings is 4. The van der Waals surface area contributed by atoms with Gasteiger partial charge < -0.3 is 33.2 Å². The van der Waals surface area contributed by atoms with Gasteiger partial charge in [0.1, 0.15) is 18.2 Å². The van der Waals surface area contributed by atoms with Crippen molar-refractivity contribution in [3.8, 4) is 50.8 Å². The standard InChI is InChI=1S/C34H33NO7S/c1-36-26-14-12-22(10-11-23-19-30(38-3)33(40-5)31(20-23)39-4)18-28(26)41-16-17-42-29-21-24(13-15-27(29)37-2)34-35-25-8-6-7-9-32(25)43-34/h6-15,18-21H,16-17H2,1-5H3/b11-10-. The summed E-state index contributed by atoms with van der Waals surface area (Å²) in [5.41, 5.74) is 3.76. The summed E-state index contributed by atoms with van der Waals surface area (Å²) in [4.78, 5) is 4.76. The van der Waals surface area contributed by atoms with Crippen molar-refractivity contribution in [1.82, 2.24) is 4.98 Å². The summed E-state index contributed by atoms with van der Waals surface area (Å²) in [6, 6.07) is 23.4. The van der Waals surface area contributed by atoms with Crippen LogP contribution in [0.2, 0.25) is 0 Å². The largest absolute Gasteiger partial charge is 0.493 e. The Balaban J connectivity index is 1.27. The maximum Gasteiger partial charge on any atom is 0.203 e. The molecular weight excluding hydrogens is 566 g/mol. The van der Waals surface area contributed by atoms with Crippen LogP contribution in [0.1, 0.15) is 11.1 Å². The first-order valence-corrected chi connectivity index (χ1v) is 14.3. The molecule has 0 spiro atoms. The van der Waals surface area contributed by atoms with E-state index in [1.54, 1.807) is 46.9 Å². The molecule has 0 bridgehead atoms. The minimum Gasteiger partial charge on any atom is -0.493 e. The first-order chi connectivity index (χ1) is 21.1. The highest BCUT2D eigenvalue weighted by Crippen LogP contribution is 2.39. The molecule has 0 saturated carbocycles. The molecule has 9 heteroatoms. The van der Waals surface area contributed by atoms with E-state index in [9.17, 15) is 0 Å². The van der Waals surface area contributed by atoms with Crippen molar-refractivity contribution in [3.05, 3.63) is 83.9 Å². The Morgan fingerprint density at radius 2 is 1.16 bits per heavy atom. The van der Waals surface area contributed by atoms with Gasteiger partial charge in [0, 0.05) is 5.56 Å². The van der Waals surface area contributed by atoms with Crippen LogP contribution in [-0.2, 0) is 0 Å². The molecule has 0 aliphatic carbocycles. The van der Waals surface area contributed by atoms with E-state index in [1.807, 2.05) is 78.9 Å². The maximum absolute atomic E-state index is 6.10. The quantitative estimate of drug-likeness (QED) is 0.101. The zero-order chi connectivity index (χ0) is 30.2. The third-order valence-corrected chi connectivity index (χ3v) is 7.73. The SMILES string of the molecule is COc1ccc(/C=C\c2cc(OC)c(OC)c(OC)c2)cc1OCCOc1cc(-c2nc3ccccc3s2)ccc1OC. The second kappa shape index (κ2) is 13.8. The molecule has 0 radical (unpaired) electrons. The number of thiazole rings is 1. The second-order valence-corrected chi connectivity index (χ2v) is 10.3. The van der Waals surface area contributed by atoms with Crippen LogP contribution in [0.4, 0.5) is 0 Å². The van der Waals surface area contributed by atoms with Gasteiger partial charge in [-0.25, -0.2) is 4.98 Å². The van der Waals surface area contributed by atoms with Gasteiger partial charge in [-0.1, -0.05) is 30.4 Å². The monoisotopic (exact) mass is 599 g/mol. The molecule has 1 heterocycles. The Hall–Kier alpha value is -4.89. The van der Waals surface area contributed by atoms with Crippen LogP contribution in [0, 0.1) is 0 Å². The van der Waals surface area contributed by atoms with Crippen molar-refractivity contribution in [3.63, 3.8) is 0 Å². The first-order valence-electron chi connectivity index (χ1n) is 13.5. The van der Waals surface area contributed by atoms with E-state index < -0.39 is 0 Å². The lowest BCUT2D eigenvalue weighted by atomic mass is 10.1. The highest BCUT2D eigenvalue weighted by Gasteiger charge is 2.13. The third kappa shape index (κ3) is 6.79. The maximum atomic E-state index is 6.10. The number of ether oxygens (including phenoxy) is 7. The lowest BCUT2D eigenvalue weighted by molar-refractivity contribution is 0.206. The Kier molecular flexibility index (Phi) is 9.53. The fourth-order valence-electron chi connectivity index (χ4n) is 4.52. The molecule has 0 N–H and O–H groups in total. The summed E-state index contributed by atoms with van der Waals surface area (Å²) in [7, 11) is 8.01. The van der Waals surface area contributed by atoms with E-state index in [1.165, 1.54) is 0 Å². The van der Waals surface area contributed by atoms with Crippen LogP contribution < -0.4 is 33.2 Å². The molecule has 0 aliphatic rings. The molecule has 43 heavy (non-hydrogen) atoms. The van der Waals surface area contributed by atoms with Crippen molar-refractivity contribution >= 4 is 33.7 Å². The molecule has 5 rings (SSSR count). The zero-order valence-electron chi connectivity index (χ0n) is 24.7.